The lowest BCUT2D eigenvalue weighted by Gasteiger charge is -2.04. The molecule has 1 aromatic carbocycles. The molecule has 0 saturated heterocycles. The predicted molar refractivity (Wildman–Crippen MR) is 55.6 cm³/mol. The van der Waals surface area contributed by atoms with Crippen LogP contribution in [0.2, 0.25) is 0 Å². The van der Waals surface area contributed by atoms with E-state index in [9.17, 15) is 5.21 Å². The van der Waals surface area contributed by atoms with E-state index in [4.69, 9.17) is 5.26 Å². The molecule has 3 nitrogen and oxygen atoms in total. The Bertz CT molecular complexity index is 515. The Morgan fingerprint density at radius 1 is 1.00 bits per heavy atom. The van der Waals surface area contributed by atoms with Gasteiger partial charge in [0.15, 0.2) is 6.07 Å². The summed E-state index contributed by atoms with van der Waals surface area (Å²) in [6.45, 7) is 0. The summed E-state index contributed by atoms with van der Waals surface area (Å²) >= 11 is 0. The third-order valence-electron chi connectivity index (χ3n) is 2.13. The standard InChI is InChI=1S/C12H8N2O/c13-9-11-7-4-8-12(14(11)15)10-5-2-1-3-6-10/h1-8H. The van der Waals surface area contributed by atoms with Crippen molar-refractivity contribution in [3.05, 3.63) is 59.4 Å². The van der Waals surface area contributed by atoms with Crippen molar-refractivity contribution in [3.8, 4) is 17.3 Å². The molecule has 0 N–H and O–H groups in total. The van der Waals surface area contributed by atoms with E-state index in [2.05, 4.69) is 0 Å². The minimum Gasteiger partial charge on any atom is -0.617 e. The SMILES string of the molecule is N#Cc1cccc(-c2ccccc2)[n+]1[O-]. The van der Waals surface area contributed by atoms with Crippen LogP contribution >= 0.6 is 0 Å². The highest BCUT2D eigenvalue weighted by Gasteiger charge is 2.11. The van der Waals surface area contributed by atoms with E-state index in [1.165, 1.54) is 6.07 Å². The van der Waals surface area contributed by atoms with Crippen molar-refractivity contribution in [1.82, 2.24) is 0 Å². The van der Waals surface area contributed by atoms with Crippen LogP contribution < -0.4 is 4.73 Å². The lowest BCUT2D eigenvalue weighted by molar-refractivity contribution is -0.596. The van der Waals surface area contributed by atoms with Crippen LogP contribution in [0, 0.1) is 16.5 Å². The molecule has 3 heteroatoms. The molecule has 0 spiro atoms. The topological polar surface area (TPSA) is 50.7 Å². The normalized spacial score (nSPS) is 9.53. The van der Waals surface area contributed by atoms with Crippen molar-refractivity contribution in [3.63, 3.8) is 0 Å². The van der Waals surface area contributed by atoms with Gasteiger partial charge in [0, 0.05) is 17.7 Å². The van der Waals surface area contributed by atoms with Crippen molar-refractivity contribution in [2.45, 2.75) is 0 Å². The third-order valence-corrected chi connectivity index (χ3v) is 2.13. The van der Waals surface area contributed by atoms with Crippen molar-refractivity contribution in [2.75, 3.05) is 0 Å². The molecular formula is C12H8N2O. The highest BCUT2D eigenvalue weighted by atomic mass is 16.5. The number of nitriles is 1. The Hall–Kier alpha value is -2.34. The summed E-state index contributed by atoms with van der Waals surface area (Å²) in [5, 5.41) is 20.4. The predicted octanol–water partition coefficient (Wildman–Crippen LogP) is 1.86. The quantitative estimate of drug-likeness (QED) is 0.516. The lowest BCUT2D eigenvalue weighted by atomic mass is 10.1. The Balaban J connectivity index is 2.61. The van der Waals surface area contributed by atoms with Gasteiger partial charge in [0.1, 0.15) is 0 Å². The molecule has 0 amide bonds. The van der Waals surface area contributed by atoms with Crippen LogP contribution in [0.15, 0.2) is 48.5 Å². The van der Waals surface area contributed by atoms with E-state index in [0.29, 0.717) is 10.4 Å². The first kappa shape index (κ1) is 9.22. The maximum Gasteiger partial charge on any atom is 0.295 e. The van der Waals surface area contributed by atoms with Gasteiger partial charge in [-0.1, -0.05) is 18.2 Å². The van der Waals surface area contributed by atoms with Crippen LogP contribution in [0.25, 0.3) is 11.3 Å². The minimum atomic E-state index is 0.108. The number of nitrogens with zero attached hydrogens (tertiary/aromatic N) is 2. The Labute approximate surface area is 87.4 Å². The fraction of sp³-hybridized carbons (Fsp3) is 0. The fourth-order valence-corrected chi connectivity index (χ4v) is 1.40. The summed E-state index contributed by atoms with van der Waals surface area (Å²) in [6, 6.07) is 16.0. The van der Waals surface area contributed by atoms with E-state index in [0.717, 1.165) is 5.56 Å². The van der Waals surface area contributed by atoms with Crippen molar-refractivity contribution in [1.29, 1.82) is 5.26 Å². The monoisotopic (exact) mass is 196 g/mol. The third kappa shape index (κ3) is 1.65. The molecule has 0 bridgehead atoms. The number of hydrogen-bond donors (Lipinski definition) is 0. The van der Waals surface area contributed by atoms with Gasteiger partial charge in [-0.05, 0) is 18.2 Å². The van der Waals surface area contributed by atoms with E-state index < -0.39 is 0 Å². The molecule has 1 heterocycles. The molecule has 1 aromatic heterocycles. The number of benzene rings is 1. The van der Waals surface area contributed by atoms with Gasteiger partial charge in [0.2, 0.25) is 5.69 Å². The summed E-state index contributed by atoms with van der Waals surface area (Å²) in [5.41, 5.74) is 1.41. The van der Waals surface area contributed by atoms with Gasteiger partial charge in [-0.3, -0.25) is 0 Å². The molecule has 0 radical (unpaired) electrons. The molecule has 0 unspecified atom stereocenters. The van der Waals surface area contributed by atoms with E-state index in [1.807, 2.05) is 36.4 Å². The molecule has 2 rings (SSSR count). The average molecular weight is 196 g/mol. The van der Waals surface area contributed by atoms with E-state index in [1.54, 1.807) is 12.1 Å². The van der Waals surface area contributed by atoms with Gasteiger partial charge in [0.25, 0.3) is 5.69 Å². The first-order valence-corrected chi connectivity index (χ1v) is 4.51. The first-order chi connectivity index (χ1) is 7.33. The van der Waals surface area contributed by atoms with E-state index in [-0.39, 0.29) is 5.69 Å². The zero-order valence-corrected chi connectivity index (χ0v) is 7.92. The largest absolute Gasteiger partial charge is 0.617 e. The van der Waals surface area contributed by atoms with Crippen LogP contribution in [0.1, 0.15) is 5.69 Å². The van der Waals surface area contributed by atoms with Crippen LogP contribution in [0.4, 0.5) is 0 Å². The number of aromatic nitrogens is 1. The van der Waals surface area contributed by atoms with Crippen LogP contribution in [0.5, 0.6) is 0 Å². The molecular weight excluding hydrogens is 188 g/mol. The summed E-state index contributed by atoms with van der Waals surface area (Å²) in [5.74, 6) is 0. The second-order valence-electron chi connectivity index (χ2n) is 3.07. The molecule has 0 aliphatic rings. The molecule has 0 saturated carbocycles. The highest BCUT2D eigenvalue weighted by molar-refractivity contribution is 5.56. The second kappa shape index (κ2) is 3.81. The molecule has 0 atom stereocenters. The van der Waals surface area contributed by atoms with Gasteiger partial charge < -0.3 is 5.21 Å². The fourth-order valence-electron chi connectivity index (χ4n) is 1.40. The summed E-state index contributed by atoms with van der Waals surface area (Å²) in [7, 11) is 0. The van der Waals surface area contributed by atoms with Crippen molar-refractivity contribution < 1.29 is 4.73 Å². The molecule has 2 aromatic rings. The maximum absolute atomic E-state index is 11.7. The van der Waals surface area contributed by atoms with E-state index >= 15 is 0 Å². The molecule has 15 heavy (non-hydrogen) atoms. The Morgan fingerprint density at radius 3 is 2.40 bits per heavy atom. The summed E-state index contributed by atoms with van der Waals surface area (Å²) < 4.78 is 0.648. The van der Waals surface area contributed by atoms with Gasteiger partial charge in [-0.2, -0.15) is 9.99 Å². The summed E-state index contributed by atoms with van der Waals surface area (Å²) in [4.78, 5) is 0. The zero-order chi connectivity index (χ0) is 10.7. The molecule has 0 aliphatic carbocycles. The molecule has 0 aliphatic heterocycles. The van der Waals surface area contributed by atoms with Gasteiger partial charge in [-0.25, -0.2) is 0 Å². The average Bonchev–Trinajstić information content (AvgIpc) is 2.30. The van der Waals surface area contributed by atoms with Crippen LogP contribution in [0.3, 0.4) is 0 Å². The number of rotatable bonds is 1. The smallest absolute Gasteiger partial charge is 0.295 e. The lowest BCUT2D eigenvalue weighted by Crippen LogP contribution is -2.32. The molecule has 0 fully saturated rings. The van der Waals surface area contributed by atoms with Crippen LogP contribution in [-0.4, -0.2) is 0 Å². The Kier molecular flexibility index (Phi) is 2.34. The minimum absolute atomic E-state index is 0.108. The number of pyridine rings is 1. The number of hydrogen-bond acceptors (Lipinski definition) is 2. The van der Waals surface area contributed by atoms with Gasteiger partial charge >= 0.3 is 0 Å². The van der Waals surface area contributed by atoms with Gasteiger partial charge in [-0.15, -0.1) is 0 Å². The second-order valence-corrected chi connectivity index (χ2v) is 3.07. The van der Waals surface area contributed by atoms with Gasteiger partial charge in [0.05, 0.1) is 0 Å². The highest BCUT2D eigenvalue weighted by Crippen LogP contribution is 2.14. The summed E-state index contributed by atoms with van der Waals surface area (Å²) in [6.07, 6.45) is 0. The first-order valence-electron chi connectivity index (χ1n) is 4.51. The zero-order valence-electron chi connectivity index (χ0n) is 7.92. The molecule has 72 valence electrons. The Morgan fingerprint density at radius 2 is 1.73 bits per heavy atom. The maximum atomic E-state index is 11.7. The van der Waals surface area contributed by atoms with Crippen molar-refractivity contribution in [2.24, 2.45) is 0 Å². The van der Waals surface area contributed by atoms with Crippen LogP contribution in [-0.2, 0) is 0 Å². The van der Waals surface area contributed by atoms with Crippen molar-refractivity contribution >= 4 is 0 Å².